The lowest BCUT2D eigenvalue weighted by molar-refractivity contribution is -0.142. The van der Waals surface area contributed by atoms with Crippen LogP contribution in [0.25, 0.3) is 0 Å². The van der Waals surface area contributed by atoms with Crippen molar-refractivity contribution < 1.29 is 14.3 Å². The van der Waals surface area contributed by atoms with E-state index in [0.717, 1.165) is 11.1 Å². The molecule has 0 unspecified atom stereocenters. The Morgan fingerprint density at radius 2 is 1.57 bits per heavy atom. The third-order valence-electron chi connectivity index (χ3n) is 5.43. The molecule has 184 valence electrons. The van der Waals surface area contributed by atoms with Gasteiger partial charge in [0.15, 0.2) is 6.61 Å². The molecule has 1 atom stereocenters. The predicted octanol–water partition coefficient (Wildman–Crippen LogP) is 5.78. The molecule has 3 aromatic rings. The van der Waals surface area contributed by atoms with Crippen molar-refractivity contribution in [3.8, 4) is 5.75 Å². The van der Waals surface area contributed by atoms with Gasteiger partial charge in [-0.25, -0.2) is 0 Å². The maximum atomic E-state index is 13.5. The summed E-state index contributed by atoms with van der Waals surface area (Å²) >= 11 is 12.4. The van der Waals surface area contributed by atoms with Crippen LogP contribution >= 0.6 is 23.2 Å². The summed E-state index contributed by atoms with van der Waals surface area (Å²) in [6.07, 6.45) is 0.363. The number of rotatable bonds is 11. The average molecular weight is 513 g/mol. The SMILES string of the molecule is CC(C)CNC(=O)[C@H](Cc1ccccc1)N(Cc1ccccc1Cl)C(=O)COc1ccc(Cl)cc1. The number of carbonyl (C=O) groups excluding carboxylic acids is 2. The van der Waals surface area contributed by atoms with E-state index >= 15 is 0 Å². The standard InChI is InChI=1S/C28H30Cl2N2O3/c1-20(2)17-31-28(34)26(16-21-8-4-3-5-9-21)32(18-22-10-6-7-11-25(22)30)27(33)19-35-24-14-12-23(29)13-15-24/h3-15,20,26H,16-19H2,1-2H3,(H,31,34)/t26-/m0/s1. The first-order valence-corrected chi connectivity index (χ1v) is 12.3. The molecule has 0 aliphatic rings. The van der Waals surface area contributed by atoms with Crippen molar-refractivity contribution in [2.45, 2.75) is 32.9 Å². The van der Waals surface area contributed by atoms with E-state index in [4.69, 9.17) is 27.9 Å². The number of nitrogens with one attached hydrogen (secondary N) is 1. The first-order valence-electron chi connectivity index (χ1n) is 11.6. The molecule has 3 rings (SSSR count). The summed E-state index contributed by atoms with van der Waals surface area (Å²) in [4.78, 5) is 28.5. The van der Waals surface area contributed by atoms with Gasteiger partial charge in [0.25, 0.3) is 5.91 Å². The molecule has 0 bridgehead atoms. The zero-order valence-electron chi connectivity index (χ0n) is 19.9. The number of nitrogens with zero attached hydrogens (tertiary/aromatic N) is 1. The molecule has 0 saturated heterocycles. The van der Waals surface area contributed by atoms with Crippen LogP contribution in [0.1, 0.15) is 25.0 Å². The van der Waals surface area contributed by atoms with Crippen LogP contribution in [0.15, 0.2) is 78.9 Å². The van der Waals surface area contributed by atoms with Crippen molar-refractivity contribution in [2.24, 2.45) is 5.92 Å². The molecule has 0 spiro atoms. The molecule has 0 fully saturated rings. The van der Waals surface area contributed by atoms with E-state index in [1.165, 1.54) is 0 Å². The predicted molar refractivity (Wildman–Crippen MR) is 141 cm³/mol. The monoisotopic (exact) mass is 512 g/mol. The van der Waals surface area contributed by atoms with E-state index in [9.17, 15) is 9.59 Å². The second-order valence-electron chi connectivity index (χ2n) is 8.70. The number of benzene rings is 3. The molecule has 5 nitrogen and oxygen atoms in total. The van der Waals surface area contributed by atoms with E-state index in [2.05, 4.69) is 5.32 Å². The molecule has 1 N–H and O–H groups in total. The Kier molecular flexibility index (Phi) is 10.0. The van der Waals surface area contributed by atoms with Gasteiger partial charge >= 0.3 is 0 Å². The van der Waals surface area contributed by atoms with Gasteiger partial charge in [-0.3, -0.25) is 9.59 Å². The molecule has 7 heteroatoms. The number of ether oxygens (including phenoxy) is 1. The van der Waals surface area contributed by atoms with Crippen LogP contribution in [0.2, 0.25) is 10.0 Å². The van der Waals surface area contributed by atoms with Crippen molar-refractivity contribution in [3.63, 3.8) is 0 Å². The van der Waals surface area contributed by atoms with Crippen LogP contribution in [0.3, 0.4) is 0 Å². The van der Waals surface area contributed by atoms with Crippen LogP contribution in [0.4, 0.5) is 0 Å². The number of hydrogen-bond donors (Lipinski definition) is 1. The van der Waals surface area contributed by atoms with Crippen molar-refractivity contribution >= 4 is 35.0 Å². The normalized spacial score (nSPS) is 11.7. The third kappa shape index (κ3) is 8.30. The maximum Gasteiger partial charge on any atom is 0.261 e. The van der Waals surface area contributed by atoms with Gasteiger partial charge in [-0.05, 0) is 47.4 Å². The van der Waals surface area contributed by atoms with Gasteiger partial charge in [0.1, 0.15) is 11.8 Å². The quantitative estimate of drug-likeness (QED) is 0.354. The summed E-state index contributed by atoms with van der Waals surface area (Å²) in [7, 11) is 0. The molecule has 0 aliphatic carbocycles. The largest absolute Gasteiger partial charge is 0.484 e. The maximum absolute atomic E-state index is 13.5. The molecule has 0 aliphatic heterocycles. The van der Waals surface area contributed by atoms with Gasteiger partial charge in [0.2, 0.25) is 5.91 Å². The van der Waals surface area contributed by atoms with E-state index in [-0.39, 0.29) is 30.9 Å². The van der Waals surface area contributed by atoms with E-state index in [1.807, 2.05) is 62.4 Å². The fourth-order valence-electron chi connectivity index (χ4n) is 3.55. The Morgan fingerprint density at radius 1 is 0.914 bits per heavy atom. The number of carbonyl (C=O) groups is 2. The van der Waals surface area contributed by atoms with E-state index < -0.39 is 6.04 Å². The van der Waals surface area contributed by atoms with Crippen LogP contribution in [-0.2, 0) is 22.6 Å². The molecule has 0 saturated carbocycles. The molecular weight excluding hydrogens is 483 g/mol. The topological polar surface area (TPSA) is 58.6 Å². The number of amides is 2. The summed E-state index contributed by atoms with van der Waals surface area (Å²) in [5.41, 5.74) is 1.71. The zero-order valence-corrected chi connectivity index (χ0v) is 21.4. The highest BCUT2D eigenvalue weighted by atomic mass is 35.5. The third-order valence-corrected chi connectivity index (χ3v) is 6.05. The summed E-state index contributed by atoms with van der Waals surface area (Å²) < 4.78 is 5.74. The second-order valence-corrected chi connectivity index (χ2v) is 9.54. The van der Waals surface area contributed by atoms with Crippen molar-refractivity contribution in [2.75, 3.05) is 13.2 Å². The highest BCUT2D eigenvalue weighted by molar-refractivity contribution is 6.31. The van der Waals surface area contributed by atoms with Crippen LogP contribution < -0.4 is 10.1 Å². The fraction of sp³-hybridized carbons (Fsp3) is 0.286. The zero-order chi connectivity index (χ0) is 25.2. The minimum atomic E-state index is -0.742. The summed E-state index contributed by atoms with van der Waals surface area (Å²) in [6.45, 7) is 4.52. The Labute approximate surface area is 217 Å². The molecule has 0 heterocycles. The van der Waals surface area contributed by atoms with E-state index in [1.54, 1.807) is 35.2 Å². The lowest BCUT2D eigenvalue weighted by Gasteiger charge is -2.32. The molecular formula is C28H30Cl2N2O3. The smallest absolute Gasteiger partial charge is 0.261 e. The summed E-state index contributed by atoms with van der Waals surface area (Å²) in [5.74, 6) is 0.261. The number of hydrogen-bond acceptors (Lipinski definition) is 3. The minimum absolute atomic E-state index is 0.176. The second kappa shape index (κ2) is 13.2. The summed E-state index contributed by atoms with van der Waals surface area (Å²) in [6, 6.07) is 23.0. The van der Waals surface area contributed by atoms with Crippen molar-refractivity contribution in [1.82, 2.24) is 10.2 Å². The summed E-state index contributed by atoms with van der Waals surface area (Å²) in [5, 5.41) is 4.11. The molecule has 0 radical (unpaired) electrons. The van der Waals surface area contributed by atoms with Gasteiger partial charge in [-0.15, -0.1) is 0 Å². The highest BCUT2D eigenvalue weighted by Gasteiger charge is 2.31. The van der Waals surface area contributed by atoms with Gasteiger partial charge in [0, 0.05) is 29.6 Å². The lowest BCUT2D eigenvalue weighted by atomic mass is 10.0. The lowest BCUT2D eigenvalue weighted by Crippen LogP contribution is -2.52. The van der Waals surface area contributed by atoms with Gasteiger partial charge < -0.3 is 15.0 Å². The Bertz CT molecular complexity index is 1100. The molecule has 35 heavy (non-hydrogen) atoms. The van der Waals surface area contributed by atoms with Crippen molar-refractivity contribution in [3.05, 3.63) is 100 Å². The van der Waals surface area contributed by atoms with Crippen LogP contribution in [0, 0.1) is 5.92 Å². The molecule has 3 aromatic carbocycles. The van der Waals surface area contributed by atoms with Crippen LogP contribution in [-0.4, -0.2) is 35.9 Å². The number of halogens is 2. The fourth-order valence-corrected chi connectivity index (χ4v) is 3.87. The minimum Gasteiger partial charge on any atom is -0.484 e. The Hall–Kier alpha value is -3.02. The van der Waals surface area contributed by atoms with Gasteiger partial charge in [-0.1, -0.05) is 85.6 Å². The van der Waals surface area contributed by atoms with Gasteiger partial charge in [0.05, 0.1) is 0 Å². The highest BCUT2D eigenvalue weighted by Crippen LogP contribution is 2.21. The Balaban J connectivity index is 1.90. The average Bonchev–Trinajstić information content (AvgIpc) is 2.85. The first kappa shape index (κ1) is 26.6. The Morgan fingerprint density at radius 3 is 2.23 bits per heavy atom. The van der Waals surface area contributed by atoms with Crippen LogP contribution in [0.5, 0.6) is 5.75 Å². The first-order chi connectivity index (χ1) is 16.8. The van der Waals surface area contributed by atoms with E-state index in [0.29, 0.717) is 28.8 Å². The van der Waals surface area contributed by atoms with Crippen molar-refractivity contribution in [1.29, 1.82) is 0 Å². The molecule has 0 aromatic heterocycles. The van der Waals surface area contributed by atoms with Gasteiger partial charge in [-0.2, -0.15) is 0 Å². The molecule has 2 amide bonds.